The molecule has 1 aliphatic rings. The second-order valence-electron chi connectivity index (χ2n) is 7.30. The fourth-order valence-electron chi connectivity index (χ4n) is 3.80. The van der Waals surface area contributed by atoms with Crippen LogP contribution in [0.3, 0.4) is 0 Å². The lowest BCUT2D eigenvalue weighted by Gasteiger charge is -2.34. The van der Waals surface area contributed by atoms with Crippen molar-refractivity contribution in [3.63, 3.8) is 0 Å². The van der Waals surface area contributed by atoms with E-state index in [1.165, 1.54) is 17.0 Å². The number of piperazine rings is 1. The number of hydrogen-bond donors (Lipinski definition) is 0. The van der Waals surface area contributed by atoms with Crippen LogP contribution in [0.2, 0.25) is 0 Å². The molecule has 2 aromatic carbocycles. The number of halogens is 1. The van der Waals surface area contributed by atoms with E-state index < -0.39 is 23.6 Å². The third-order valence-electron chi connectivity index (χ3n) is 5.46. The first-order chi connectivity index (χ1) is 15.4. The highest BCUT2D eigenvalue weighted by Gasteiger charge is 2.31. The quantitative estimate of drug-likeness (QED) is 0.464. The van der Waals surface area contributed by atoms with Crippen molar-refractivity contribution in [2.24, 2.45) is 0 Å². The number of ether oxygens (including phenoxy) is 1. The van der Waals surface area contributed by atoms with Gasteiger partial charge in [0, 0.05) is 43.3 Å². The molecule has 0 unspecified atom stereocenters. The van der Waals surface area contributed by atoms with Crippen molar-refractivity contribution in [3.05, 3.63) is 71.7 Å². The second kappa shape index (κ2) is 8.62. The van der Waals surface area contributed by atoms with Crippen LogP contribution in [0.15, 0.2) is 54.7 Å². The molecule has 164 valence electrons. The lowest BCUT2D eigenvalue weighted by Crippen LogP contribution is -2.52. The minimum atomic E-state index is -0.925. The Morgan fingerprint density at radius 3 is 2.19 bits per heavy atom. The SMILES string of the molecule is COC(=O)n1cc(C(=O)C(=O)N2CCN(C(=O)c3ccccc3)CC2)c2c(F)cccc21. The summed E-state index contributed by atoms with van der Waals surface area (Å²) in [4.78, 5) is 53.4. The largest absolute Gasteiger partial charge is 0.452 e. The van der Waals surface area contributed by atoms with Crippen molar-refractivity contribution in [1.82, 2.24) is 14.4 Å². The third kappa shape index (κ3) is 3.73. The van der Waals surface area contributed by atoms with Gasteiger partial charge in [0.25, 0.3) is 17.6 Å². The Morgan fingerprint density at radius 2 is 1.53 bits per heavy atom. The molecular weight excluding hydrogens is 417 g/mol. The zero-order chi connectivity index (χ0) is 22.8. The summed E-state index contributed by atoms with van der Waals surface area (Å²) in [7, 11) is 1.16. The van der Waals surface area contributed by atoms with E-state index in [-0.39, 0.29) is 48.6 Å². The molecule has 4 rings (SSSR count). The normalized spacial score (nSPS) is 13.8. The lowest BCUT2D eigenvalue weighted by molar-refractivity contribution is -0.127. The minimum absolute atomic E-state index is 0.117. The maximum absolute atomic E-state index is 14.5. The average molecular weight is 437 g/mol. The van der Waals surface area contributed by atoms with E-state index in [4.69, 9.17) is 0 Å². The number of rotatable bonds is 3. The van der Waals surface area contributed by atoms with Crippen LogP contribution in [0, 0.1) is 5.82 Å². The van der Waals surface area contributed by atoms with Gasteiger partial charge < -0.3 is 14.5 Å². The second-order valence-corrected chi connectivity index (χ2v) is 7.30. The Kier molecular flexibility index (Phi) is 5.72. The topological polar surface area (TPSA) is 88.9 Å². The van der Waals surface area contributed by atoms with Crippen LogP contribution in [0.4, 0.5) is 9.18 Å². The molecule has 0 bridgehead atoms. The number of carbonyl (C=O) groups is 4. The number of methoxy groups -OCH3 is 1. The summed E-state index contributed by atoms with van der Waals surface area (Å²) in [5, 5.41) is -0.117. The summed E-state index contributed by atoms with van der Waals surface area (Å²) in [5.74, 6) is -2.61. The van der Waals surface area contributed by atoms with E-state index in [0.29, 0.717) is 5.56 Å². The monoisotopic (exact) mass is 437 g/mol. The molecular formula is C23H20FN3O5. The molecule has 1 saturated heterocycles. The minimum Gasteiger partial charge on any atom is -0.452 e. The first kappa shape index (κ1) is 21.2. The van der Waals surface area contributed by atoms with Gasteiger partial charge in [-0.05, 0) is 24.3 Å². The Labute approximate surface area is 182 Å². The van der Waals surface area contributed by atoms with Crippen molar-refractivity contribution in [3.8, 4) is 0 Å². The number of aromatic nitrogens is 1. The fraction of sp³-hybridized carbons (Fsp3) is 0.217. The zero-order valence-electron chi connectivity index (χ0n) is 17.3. The number of Topliss-reactive ketones (excluding diaryl/α,β-unsaturated/α-hetero) is 1. The van der Waals surface area contributed by atoms with Crippen LogP contribution in [0.25, 0.3) is 10.9 Å². The van der Waals surface area contributed by atoms with Gasteiger partial charge in [-0.15, -0.1) is 0 Å². The molecule has 0 radical (unpaired) electrons. The molecule has 0 aliphatic carbocycles. The summed E-state index contributed by atoms with van der Waals surface area (Å²) >= 11 is 0. The molecule has 8 nitrogen and oxygen atoms in total. The summed E-state index contributed by atoms with van der Waals surface area (Å²) in [6.07, 6.45) is 0.315. The molecule has 1 aliphatic heterocycles. The van der Waals surface area contributed by atoms with Crippen LogP contribution in [-0.2, 0) is 9.53 Å². The van der Waals surface area contributed by atoms with E-state index in [0.717, 1.165) is 23.9 Å². The summed E-state index contributed by atoms with van der Waals surface area (Å²) < 4.78 is 20.2. The van der Waals surface area contributed by atoms with E-state index in [2.05, 4.69) is 4.74 Å². The van der Waals surface area contributed by atoms with Gasteiger partial charge in [-0.1, -0.05) is 24.3 Å². The predicted octanol–water partition coefficient (Wildman–Crippen LogP) is 2.56. The van der Waals surface area contributed by atoms with E-state index >= 15 is 0 Å². The molecule has 1 fully saturated rings. The van der Waals surface area contributed by atoms with Crippen LogP contribution in [0.1, 0.15) is 20.7 Å². The highest BCUT2D eigenvalue weighted by molar-refractivity contribution is 6.45. The molecule has 32 heavy (non-hydrogen) atoms. The van der Waals surface area contributed by atoms with Gasteiger partial charge in [-0.2, -0.15) is 0 Å². The van der Waals surface area contributed by atoms with Gasteiger partial charge in [-0.3, -0.25) is 19.0 Å². The molecule has 0 N–H and O–H groups in total. The number of amides is 2. The van der Waals surface area contributed by atoms with Crippen molar-refractivity contribution in [2.75, 3.05) is 33.3 Å². The fourth-order valence-corrected chi connectivity index (χ4v) is 3.80. The standard InChI is InChI=1S/C23H20FN3O5/c1-32-23(31)27-14-16(19-17(24)8-5-9-18(19)27)20(28)22(30)26-12-10-25(11-13-26)21(29)15-6-3-2-4-7-15/h2-9,14H,10-13H2,1H3. The predicted molar refractivity (Wildman–Crippen MR) is 113 cm³/mol. The number of fused-ring (bicyclic) bond motifs is 1. The van der Waals surface area contributed by atoms with Gasteiger partial charge in [0.1, 0.15) is 5.82 Å². The number of nitrogens with zero attached hydrogens (tertiary/aromatic N) is 3. The Bertz CT molecular complexity index is 1210. The highest BCUT2D eigenvalue weighted by Crippen LogP contribution is 2.26. The summed E-state index contributed by atoms with van der Waals surface area (Å²) in [6, 6.07) is 12.8. The molecule has 3 aromatic rings. The maximum Gasteiger partial charge on any atom is 0.418 e. The van der Waals surface area contributed by atoms with Crippen LogP contribution >= 0.6 is 0 Å². The third-order valence-corrected chi connectivity index (χ3v) is 5.46. The number of hydrogen-bond acceptors (Lipinski definition) is 5. The maximum atomic E-state index is 14.5. The van der Waals surface area contributed by atoms with E-state index in [1.807, 2.05) is 6.07 Å². The van der Waals surface area contributed by atoms with Gasteiger partial charge >= 0.3 is 6.09 Å². The molecule has 1 aromatic heterocycles. The molecule has 0 atom stereocenters. The first-order valence-corrected chi connectivity index (χ1v) is 9.98. The van der Waals surface area contributed by atoms with Crippen molar-refractivity contribution < 1.29 is 28.3 Å². The molecule has 0 saturated carbocycles. The molecule has 0 spiro atoms. The van der Waals surface area contributed by atoms with Crippen molar-refractivity contribution in [1.29, 1.82) is 0 Å². The van der Waals surface area contributed by atoms with Crippen molar-refractivity contribution >= 4 is 34.6 Å². The summed E-state index contributed by atoms with van der Waals surface area (Å²) in [5.41, 5.74) is 0.469. The Balaban J connectivity index is 1.53. The smallest absolute Gasteiger partial charge is 0.418 e. The Morgan fingerprint density at radius 1 is 0.875 bits per heavy atom. The number of ketones is 1. The Hall–Kier alpha value is -4.01. The molecule has 9 heteroatoms. The summed E-state index contributed by atoms with van der Waals surface area (Å²) in [6.45, 7) is 0.874. The van der Waals surface area contributed by atoms with Crippen LogP contribution < -0.4 is 0 Å². The highest BCUT2D eigenvalue weighted by atomic mass is 19.1. The number of benzene rings is 2. The zero-order valence-corrected chi connectivity index (χ0v) is 17.3. The van der Waals surface area contributed by atoms with Gasteiger partial charge in [-0.25, -0.2) is 9.18 Å². The van der Waals surface area contributed by atoms with Crippen LogP contribution in [-0.4, -0.2) is 71.3 Å². The first-order valence-electron chi connectivity index (χ1n) is 9.98. The van der Waals surface area contributed by atoms with Gasteiger partial charge in [0.2, 0.25) is 0 Å². The van der Waals surface area contributed by atoms with E-state index in [9.17, 15) is 23.6 Å². The van der Waals surface area contributed by atoms with Gasteiger partial charge in [0.15, 0.2) is 0 Å². The van der Waals surface area contributed by atoms with Gasteiger partial charge in [0.05, 0.1) is 18.2 Å². The number of carbonyl (C=O) groups excluding carboxylic acids is 4. The van der Waals surface area contributed by atoms with Crippen molar-refractivity contribution in [2.45, 2.75) is 0 Å². The molecule has 2 amide bonds. The molecule has 2 heterocycles. The van der Waals surface area contributed by atoms with E-state index in [1.54, 1.807) is 29.2 Å². The van der Waals surface area contributed by atoms with Crippen LogP contribution in [0.5, 0.6) is 0 Å². The lowest BCUT2D eigenvalue weighted by atomic mass is 10.1. The average Bonchev–Trinajstić information content (AvgIpc) is 3.24.